The first-order chi connectivity index (χ1) is 14.1. The summed E-state index contributed by atoms with van der Waals surface area (Å²) < 4.78 is 23.8. The molecule has 0 bridgehead atoms. The fourth-order valence-corrected chi connectivity index (χ4v) is 3.03. The number of H-pyrrole nitrogens is 1. The molecule has 3 aromatic rings. The van der Waals surface area contributed by atoms with Crippen molar-refractivity contribution in [1.82, 2.24) is 14.9 Å². The van der Waals surface area contributed by atoms with Gasteiger partial charge in [-0.15, -0.1) is 0 Å². The van der Waals surface area contributed by atoms with E-state index >= 15 is 0 Å². The number of hydrogen-bond donors (Lipinski definition) is 1. The second kappa shape index (κ2) is 9.24. The van der Waals surface area contributed by atoms with E-state index in [1.165, 1.54) is 4.68 Å². The van der Waals surface area contributed by atoms with Crippen molar-refractivity contribution in [3.8, 4) is 34.4 Å². The number of nitrogens with one attached hydrogen (secondary N) is 1. The molecule has 0 aliphatic carbocycles. The van der Waals surface area contributed by atoms with Crippen molar-refractivity contribution in [3.63, 3.8) is 0 Å². The van der Waals surface area contributed by atoms with Gasteiger partial charge in [-0.05, 0) is 43.4 Å². The Morgan fingerprint density at radius 2 is 1.79 bits per heavy atom. The molecule has 1 aromatic heterocycles. The number of para-hydroxylation sites is 1. The molecular formula is C20H22N4O4S. The third-order valence-corrected chi connectivity index (χ3v) is 4.39. The van der Waals surface area contributed by atoms with E-state index in [2.05, 4.69) is 15.3 Å². The Morgan fingerprint density at radius 3 is 2.48 bits per heavy atom. The third-order valence-electron chi connectivity index (χ3n) is 4.13. The molecule has 0 atom stereocenters. The molecule has 0 unspecified atom stereocenters. The average Bonchev–Trinajstić information content (AvgIpc) is 3.12. The molecule has 0 spiro atoms. The van der Waals surface area contributed by atoms with Crippen molar-refractivity contribution in [2.75, 3.05) is 27.9 Å². The molecule has 0 radical (unpaired) electrons. The van der Waals surface area contributed by atoms with Gasteiger partial charge in [0.1, 0.15) is 5.75 Å². The molecule has 9 heteroatoms. The van der Waals surface area contributed by atoms with Gasteiger partial charge in [0, 0.05) is 5.56 Å². The molecule has 1 N–H and O–H groups in total. The topological polar surface area (TPSA) is 82.9 Å². The van der Waals surface area contributed by atoms with Crippen LogP contribution in [0.15, 0.2) is 41.5 Å². The van der Waals surface area contributed by atoms with Crippen LogP contribution in [0.3, 0.4) is 0 Å². The summed E-state index contributed by atoms with van der Waals surface area (Å²) in [5, 5.41) is 11.6. The monoisotopic (exact) mass is 414 g/mol. The van der Waals surface area contributed by atoms with Crippen LogP contribution in [-0.2, 0) is 0 Å². The summed E-state index contributed by atoms with van der Waals surface area (Å²) in [5.41, 5.74) is 1.47. The molecular weight excluding hydrogens is 392 g/mol. The number of nitrogens with zero attached hydrogens (tertiary/aromatic N) is 3. The highest BCUT2D eigenvalue weighted by atomic mass is 32.1. The van der Waals surface area contributed by atoms with E-state index in [1.54, 1.807) is 33.6 Å². The predicted molar refractivity (Wildman–Crippen MR) is 113 cm³/mol. The summed E-state index contributed by atoms with van der Waals surface area (Å²) >= 11 is 5.36. The second-order valence-electron chi connectivity index (χ2n) is 5.76. The van der Waals surface area contributed by atoms with Crippen LogP contribution in [0.4, 0.5) is 0 Å². The summed E-state index contributed by atoms with van der Waals surface area (Å²) in [6.45, 7) is 2.46. The number of hydrogen-bond acceptors (Lipinski definition) is 7. The van der Waals surface area contributed by atoms with Gasteiger partial charge >= 0.3 is 0 Å². The molecule has 0 saturated carbocycles. The molecule has 1 heterocycles. The van der Waals surface area contributed by atoms with E-state index in [1.807, 2.05) is 37.3 Å². The first-order valence-corrected chi connectivity index (χ1v) is 9.28. The first-order valence-electron chi connectivity index (χ1n) is 8.87. The Kier molecular flexibility index (Phi) is 6.50. The molecule has 152 valence electrons. The van der Waals surface area contributed by atoms with Crippen LogP contribution in [-0.4, -0.2) is 49.0 Å². The molecule has 29 heavy (non-hydrogen) atoms. The number of benzene rings is 2. The average molecular weight is 414 g/mol. The van der Waals surface area contributed by atoms with Crippen LogP contribution in [0.1, 0.15) is 12.5 Å². The number of aromatic nitrogens is 3. The van der Waals surface area contributed by atoms with E-state index in [0.29, 0.717) is 45.8 Å². The Labute approximate surface area is 173 Å². The van der Waals surface area contributed by atoms with Crippen LogP contribution in [0.5, 0.6) is 23.0 Å². The van der Waals surface area contributed by atoms with Crippen LogP contribution in [0.2, 0.25) is 0 Å². The minimum atomic E-state index is 0.349. The van der Waals surface area contributed by atoms with Gasteiger partial charge in [-0.25, -0.2) is 5.10 Å². The zero-order chi connectivity index (χ0) is 20.8. The van der Waals surface area contributed by atoms with E-state index in [9.17, 15) is 0 Å². The Hall–Kier alpha value is -3.33. The quantitative estimate of drug-likeness (QED) is 0.444. The third kappa shape index (κ3) is 4.09. The molecule has 2 aromatic carbocycles. The van der Waals surface area contributed by atoms with Gasteiger partial charge in [0.05, 0.1) is 39.7 Å². The molecule has 3 rings (SSSR count). The van der Waals surface area contributed by atoms with Crippen LogP contribution in [0.25, 0.3) is 11.4 Å². The number of methoxy groups -OCH3 is 3. The minimum absolute atomic E-state index is 0.349. The van der Waals surface area contributed by atoms with Crippen molar-refractivity contribution in [1.29, 1.82) is 0 Å². The van der Waals surface area contributed by atoms with E-state index in [4.69, 9.17) is 31.2 Å². The fourth-order valence-electron chi connectivity index (χ4n) is 2.85. The summed E-state index contributed by atoms with van der Waals surface area (Å²) in [5.74, 6) is 2.78. The van der Waals surface area contributed by atoms with Crippen molar-refractivity contribution in [2.24, 2.45) is 5.10 Å². The van der Waals surface area contributed by atoms with Gasteiger partial charge in [0.2, 0.25) is 10.5 Å². The lowest BCUT2D eigenvalue weighted by molar-refractivity contribution is 0.324. The molecule has 0 aliphatic rings. The lowest BCUT2D eigenvalue weighted by atomic mass is 10.2. The SMILES string of the molecule is CCOc1ccccc1-c1n[nH]c(=S)n1/N=C\c1ccc(OC)c(OC)c1OC. The van der Waals surface area contributed by atoms with Crippen molar-refractivity contribution in [3.05, 3.63) is 46.7 Å². The standard InChI is InChI=1S/C20H22N4O4S/c1-5-28-15-9-7-6-8-14(15)19-22-23-20(29)24(19)21-12-13-10-11-16(25-2)18(27-4)17(13)26-3/h6-12H,5H2,1-4H3,(H,23,29)/b21-12-. The minimum Gasteiger partial charge on any atom is -0.493 e. The molecule has 0 saturated heterocycles. The second-order valence-corrected chi connectivity index (χ2v) is 6.15. The van der Waals surface area contributed by atoms with Gasteiger partial charge in [0.15, 0.2) is 17.3 Å². The number of aromatic amines is 1. The van der Waals surface area contributed by atoms with Crippen LogP contribution < -0.4 is 18.9 Å². The lowest BCUT2D eigenvalue weighted by Crippen LogP contribution is -2.01. The highest BCUT2D eigenvalue weighted by molar-refractivity contribution is 7.71. The lowest BCUT2D eigenvalue weighted by Gasteiger charge is -2.13. The predicted octanol–water partition coefficient (Wildman–Crippen LogP) is 3.91. The van der Waals surface area contributed by atoms with Crippen LogP contribution >= 0.6 is 12.2 Å². The first kappa shape index (κ1) is 20.4. The Morgan fingerprint density at radius 1 is 1.03 bits per heavy atom. The zero-order valence-electron chi connectivity index (χ0n) is 16.6. The molecule has 0 aliphatic heterocycles. The Balaban J connectivity index is 2.07. The number of ether oxygens (including phenoxy) is 4. The fraction of sp³-hybridized carbons (Fsp3) is 0.250. The van der Waals surface area contributed by atoms with Gasteiger partial charge in [-0.3, -0.25) is 0 Å². The molecule has 0 fully saturated rings. The van der Waals surface area contributed by atoms with Crippen molar-refractivity contribution >= 4 is 18.4 Å². The van der Waals surface area contributed by atoms with Crippen molar-refractivity contribution in [2.45, 2.75) is 6.92 Å². The van der Waals surface area contributed by atoms with E-state index in [0.717, 1.165) is 5.56 Å². The largest absolute Gasteiger partial charge is 0.493 e. The van der Waals surface area contributed by atoms with Gasteiger partial charge in [-0.2, -0.15) is 14.9 Å². The van der Waals surface area contributed by atoms with Gasteiger partial charge in [0.25, 0.3) is 0 Å². The van der Waals surface area contributed by atoms with E-state index in [-0.39, 0.29) is 0 Å². The van der Waals surface area contributed by atoms with Crippen molar-refractivity contribution < 1.29 is 18.9 Å². The zero-order valence-corrected chi connectivity index (χ0v) is 17.4. The highest BCUT2D eigenvalue weighted by Crippen LogP contribution is 2.39. The smallest absolute Gasteiger partial charge is 0.216 e. The number of rotatable bonds is 8. The van der Waals surface area contributed by atoms with Crippen LogP contribution in [0, 0.1) is 4.77 Å². The summed E-state index contributed by atoms with van der Waals surface area (Å²) in [7, 11) is 4.68. The maximum atomic E-state index is 5.71. The van der Waals surface area contributed by atoms with Gasteiger partial charge < -0.3 is 18.9 Å². The van der Waals surface area contributed by atoms with Gasteiger partial charge in [-0.1, -0.05) is 12.1 Å². The Bertz CT molecular complexity index is 1070. The summed E-state index contributed by atoms with van der Waals surface area (Å²) in [6.07, 6.45) is 1.62. The summed E-state index contributed by atoms with van der Waals surface area (Å²) in [6, 6.07) is 11.2. The maximum Gasteiger partial charge on any atom is 0.216 e. The molecule has 0 amide bonds. The highest BCUT2D eigenvalue weighted by Gasteiger charge is 2.16. The summed E-state index contributed by atoms with van der Waals surface area (Å²) in [4.78, 5) is 0. The normalized spacial score (nSPS) is 10.9. The molecule has 8 nitrogen and oxygen atoms in total. The maximum absolute atomic E-state index is 5.71. The van der Waals surface area contributed by atoms with E-state index < -0.39 is 0 Å².